The lowest BCUT2D eigenvalue weighted by Crippen LogP contribution is -2.05. The number of nitro groups is 1. The van der Waals surface area contributed by atoms with Crippen LogP contribution in [0.2, 0.25) is 0 Å². The lowest BCUT2D eigenvalue weighted by molar-refractivity contribution is -0.384. The first-order valence-electron chi connectivity index (χ1n) is 6.89. The number of nitro benzene ring substituents is 1. The lowest BCUT2D eigenvalue weighted by Gasteiger charge is -2.11. The first-order valence-corrected chi connectivity index (χ1v) is 6.89. The zero-order chi connectivity index (χ0) is 15.4. The van der Waals surface area contributed by atoms with Gasteiger partial charge in [0.1, 0.15) is 5.82 Å². The van der Waals surface area contributed by atoms with Crippen molar-refractivity contribution in [3.8, 4) is 11.4 Å². The molecule has 0 saturated heterocycles. The molecule has 1 aromatic heterocycles. The Bertz CT molecular complexity index is 656. The van der Waals surface area contributed by atoms with Crippen LogP contribution in [-0.4, -0.2) is 21.4 Å². The second-order valence-electron chi connectivity index (χ2n) is 4.96. The van der Waals surface area contributed by atoms with Crippen molar-refractivity contribution in [1.29, 1.82) is 0 Å². The third kappa shape index (κ3) is 3.34. The van der Waals surface area contributed by atoms with Gasteiger partial charge in [-0.2, -0.15) is 0 Å². The Morgan fingerprint density at radius 1 is 1.29 bits per heavy atom. The van der Waals surface area contributed by atoms with Crippen molar-refractivity contribution < 1.29 is 4.92 Å². The predicted octanol–water partition coefficient (Wildman–Crippen LogP) is 3.61. The van der Waals surface area contributed by atoms with E-state index in [4.69, 9.17) is 0 Å². The maximum atomic E-state index is 11.2. The summed E-state index contributed by atoms with van der Waals surface area (Å²) in [6, 6.07) is 8.41. The monoisotopic (exact) mass is 286 g/mol. The number of rotatable bonds is 5. The third-order valence-corrected chi connectivity index (χ3v) is 3.04. The maximum absolute atomic E-state index is 11.2. The van der Waals surface area contributed by atoms with Crippen LogP contribution in [0, 0.1) is 10.1 Å². The van der Waals surface area contributed by atoms with Crippen LogP contribution in [0.15, 0.2) is 30.3 Å². The molecule has 0 aliphatic rings. The van der Waals surface area contributed by atoms with E-state index in [9.17, 15) is 10.1 Å². The molecule has 6 nitrogen and oxygen atoms in total. The summed E-state index contributed by atoms with van der Waals surface area (Å²) in [6.07, 6.45) is 0. The Kier molecular flexibility index (Phi) is 4.47. The highest BCUT2D eigenvalue weighted by molar-refractivity contribution is 5.68. The standard InChI is InChI=1S/C15H18N4O2/c1-4-16-14-9-12(10(2)3)17-15(18-14)11-7-5-6-8-13(11)19(20)21/h5-10H,4H2,1-3H3,(H,16,17,18). The number of para-hydroxylation sites is 1. The first-order chi connectivity index (χ1) is 10.0. The van der Waals surface area contributed by atoms with Crippen molar-refractivity contribution in [1.82, 2.24) is 9.97 Å². The van der Waals surface area contributed by atoms with E-state index < -0.39 is 4.92 Å². The summed E-state index contributed by atoms with van der Waals surface area (Å²) in [6.45, 7) is 6.76. The van der Waals surface area contributed by atoms with E-state index in [1.165, 1.54) is 6.07 Å². The summed E-state index contributed by atoms with van der Waals surface area (Å²) in [5, 5.41) is 14.3. The van der Waals surface area contributed by atoms with E-state index in [1.54, 1.807) is 18.2 Å². The van der Waals surface area contributed by atoms with E-state index in [-0.39, 0.29) is 11.6 Å². The normalized spacial score (nSPS) is 10.7. The Hall–Kier alpha value is -2.50. The van der Waals surface area contributed by atoms with E-state index in [0.29, 0.717) is 17.2 Å². The van der Waals surface area contributed by atoms with Crippen molar-refractivity contribution in [3.63, 3.8) is 0 Å². The van der Waals surface area contributed by atoms with Gasteiger partial charge in [0, 0.05) is 24.4 Å². The van der Waals surface area contributed by atoms with E-state index in [1.807, 2.05) is 26.8 Å². The van der Waals surface area contributed by atoms with Gasteiger partial charge in [-0.15, -0.1) is 0 Å². The molecule has 0 aliphatic heterocycles. The molecule has 1 aromatic carbocycles. The molecule has 0 fully saturated rings. The summed E-state index contributed by atoms with van der Waals surface area (Å²) in [7, 11) is 0. The maximum Gasteiger partial charge on any atom is 0.280 e. The minimum Gasteiger partial charge on any atom is -0.370 e. The molecular weight excluding hydrogens is 268 g/mol. The minimum atomic E-state index is -0.409. The number of benzene rings is 1. The van der Waals surface area contributed by atoms with Gasteiger partial charge in [-0.25, -0.2) is 9.97 Å². The summed E-state index contributed by atoms with van der Waals surface area (Å²) in [4.78, 5) is 19.6. The summed E-state index contributed by atoms with van der Waals surface area (Å²) < 4.78 is 0. The van der Waals surface area contributed by atoms with Crippen molar-refractivity contribution in [3.05, 3.63) is 46.1 Å². The fourth-order valence-corrected chi connectivity index (χ4v) is 1.98. The van der Waals surface area contributed by atoms with Gasteiger partial charge in [-0.05, 0) is 18.9 Å². The predicted molar refractivity (Wildman–Crippen MR) is 82.4 cm³/mol. The zero-order valence-corrected chi connectivity index (χ0v) is 12.3. The van der Waals surface area contributed by atoms with Gasteiger partial charge >= 0.3 is 0 Å². The topological polar surface area (TPSA) is 81.0 Å². The van der Waals surface area contributed by atoms with Crippen molar-refractivity contribution in [2.45, 2.75) is 26.7 Å². The molecule has 0 saturated carbocycles. The van der Waals surface area contributed by atoms with Crippen LogP contribution in [0.5, 0.6) is 0 Å². The molecule has 0 spiro atoms. The molecule has 2 rings (SSSR count). The second kappa shape index (κ2) is 6.30. The van der Waals surface area contributed by atoms with Crippen molar-refractivity contribution in [2.75, 3.05) is 11.9 Å². The van der Waals surface area contributed by atoms with Crippen LogP contribution in [0.4, 0.5) is 11.5 Å². The molecule has 0 amide bonds. The number of nitrogens with one attached hydrogen (secondary N) is 1. The van der Waals surface area contributed by atoms with Gasteiger partial charge in [-0.1, -0.05) is 26.0 Å². The Labute approximate surface area is 123 Å². The van der Waals surface area contributed by atoms with Gasteiger partial charge in [0.2, 0.25) is 0 Å². The molecule has 6 heteroatoms. The summed E-state index contributed by atoms with van der Waals surface area (Å²) in [5.74, 6) is 1.28. The number of anilines is 1. The van der Waals surface area contributed by atoms with Gasteiger partial charge in [0.25, 0.3) is 5.69 Å². The first kappa shape index (κ1) is 14.9. The van der Waals surface area contributed by atoms with Gasteiger partial charge in [0.15, 0.2) is 5.82 Å². The third-order valence-electron chi connectivity index (χ3n) is 3.04. The highest BCUT2D eigenvalue weighted by Gasteiger charge is 2.18. The minimum absolute atomic E-state index is 0.0147. The van der Waals surface area contributed by atoms with E-state index in [2.05, 4.69) is 15.3 Å². The number of aromatic nitrogens is 2. The molecule has 21 heavy (non-hydrogen) atoms. The zero-order valence-electron chi connectivity index (χ0n) is 12.3. The van der Waals surface area contributed by atoms with Crippen LogP contribution in [0.25, 0.3) is 11.4 Å². The van der Waals surface area contributed by atoms with Crippen LogP contribution in [0.3, 0.4) is 0 Å². The lowest BCUT2D eigenvalue weighted by atomic mass is 10.1. The van der Waals surface area contributed by atoms with Gasteiger partial charge < -0.3 is 5.32 Å². The molecule has 0 radical (unpaired) electrons. The van der Waals surface area contributed by atoms with Gasteiger partial charge in [0.05, 0.1) is 10.5 Å². The Morgan fingerprint density at radius 3 is 2.62 bits per heavy atom. The molecular formula is C15H18N4O2. The molecule has 0 unspecified atom stereocenters. The van der Waals surface area contributed by atoms with Crippen LogP contribution in [-0.2, 0) is 0 Å². The average molecular weight is 286 g/mol. The SMILES string of the molecule is CCNc1cc(C(C)C)nc(-c2ccccc2[N+](=O)[O-])n1. The molecule has 1 heterocycles. The Balaban J connectivity index is 2.60. The molecule has 0 aliphatic carbocycles. The molecule has 110 valence electrons. The highest BCUT2D eigenvalue weighted by atomic mass is 16.6. The van der Waals surface area contributed by atoms with Crippen molar-refractivity contribution >= 4 is 11.5 Å². The quantitative estimate of drug-likeness (QED) is 0.670. The van der Waals surface area contributed by atoms with Crippen LogP contribution >= 0.6 is 0 Å². The summed E-state index contributed by atoms with van der Waals surface area (Å²) >= 11 is 0. The average Bonchev–Trinajstić information content (AvgIpc) is 2.47. The van der Waals surface area contributed by atoms with E-state index in [0.717, 1.165) is 12.2 Å². The van der Waals surface area contributed by atoms with Crippen LogP contribution < -0.4 is 5.32 Å². The smallest absolute Gasteiger partial charge is 0.280 e. The molecule has 0 bridgehead atoms. The molecule has 2 aromatic rings. The van der Waals surface area contributed by atoms with Gasteiger partial charge in [-0.3, -0.25) is 10.1 Å². The Morgan fingerprint density at radius 2 is 2.00 bits per heavy atom. The highest BCUT2D eigenvalue weighted by Crippen LogP contribution is 2.29. The van der Waals surface area contributed by atoms with E-state index >= 15 is 0 Å². The summed E-state index contributed by atoms with van der Waals surface area (Å²) in [5.41, 5.74) is 1.30. The molecule has 1 N–H and O–H groups in total. The number of hydrogen-bond donors (Lipinski definition) is 1. The van der Waals surface area contributed by atoms with Crippen LogP contribution in [0.1, 0.15) is 32.4 Å². The second-order valence-corrected chi connectivity index (χ2v) is 4.96. The van der Waals surface area contributed by atoms with Crippen molar-refractivity contribution in [2.24, 2.45) is 0 Å². The fraction of sp³-hybridized carbons (Fsp3) is 0.333. The largest absolute Gasteiger partial charge is 0.370 e. The number of hydrogen-bond acceptors (Lipinski definition) is 5. The fourth-order valence-electron chi connectivity index (χ4n) is 1.98. The molecule has 0 atom stereocenters. The number of nitrogens with zero attached hydrogens (tertiary/aromatic N) is 3.